The van der Waals surface area contributed by atoms with E-state index in [0.29, 0.717) is 30.0 Å². The number of aromatic nitrogens is 2. The third-order valence-corrected chi connectivity index (χ3v) is 8.03. The summed E-state index contributed by atoms with van der Waals surface area (Å²) in [5.74, 6) is 1.33. The Kier molecular flexibility index (Phi) is 5.32. The molecule has 0 bridgehead atoms. The largest absolute Gasteiger partial charge is 0.491 e. The van der Waals surface area contributed by atoms with E-state index in [1.807, 2.05) is 43.3 Å². The summed E-state index contributed by atoms with van der Waals surface area (Å²) in [6.45, 7) is 5.77. The first kappa shape index (κ1) is 23.6. The zero-order chi connectivity index (χ0) is 25.9. The molecule has 8 heteroatoms. The second-order valence-electron chi connectivity index (χ2n) is 10.9. The predicted molar refractivity (Wildman–Crippen MR) is 141 cm³/mol. The van der Waals surface area contributed by atoms with E-state index in [9.17, 15) is 15.2 Å². The number of nitrogens with zero attached hydrogens (tertiary/aromatic N) is 4. The van der Waals surface area contributed by atoms with Crippen LogP contribution >= 0.6 is 0 Å². The Morgan fingerprint density at radius 2 is 1.92 bits per heavy atom. The van der Waals surface area contributed by atoms with Gasteiger partial charge < -0.3 is 23.7 Å². The van der Waals surface area contributed by atoms with Crippen molar-refractivity contribution in [3.63, 3.8) is 0 Å². The summed E-state index contributed by atoms with van der Waals surface area (Å²) < 4.78 is 13.5. The molecule has 1 aliphatic carbocycles. The molecule has 1 saturated heterocycles. The number of fused-ring (bicyclic) bond motifs is 2. The molecule has 2 aromatic carbocycles. The quantitative estimate of drug-likeness (QED) is 0.437. The van der Waals surface area contributed by atoms with Gasteiger partial charge >= 0.3 is 0 Å². The molecule has 0 radical (unpaired) electrons. The van der Waals surface area contributed by atoms with Gasteiger partial charge in [0.1, 0.15) is 29.5 Å². The fourth-order valence-electron chi connectivity index (χ4n) is 5.26. The van der Waals surface area contributed by atoms with Crippen LogP contribution in [0.15, 0.2) is 45.6 Å². The molecule has 4 aromatic rings. The molecule has 1 saturated carbocycles. The highest BCUT2D eigenvalue weighted by molar-refractivity contribution is 5.95. The summed E-state index contributed by atoms with van der Waals surface area (Å²) in [6, 6.07) is 13.8. The van der Waals surface area contributed by atoms with Crippen molar-refractivity contribution in [1.29, 1.82) is 5.26 Å². The second kappa shape index (κ2) is 8.35. The number of hydrogen-bond donors (Lipinski definition) is 1. The van der Waals surface area contributed by atoms with E-state index in [0.717, 1.165) is 53.6 Å². The van der Waals surface area contributed by atoms with E-state index in [4.69, 9.17) is 14.1 Å². The number of nitriles is 1. The Hall–Kier alpha value is -3.83. The van der Waals surface area contributed by atoms with Crippen LogP contribution in [0.2, 0.25) is 0 Å². The first-order chi connectivity index (χ1) is 17.7. The van der Waals surface area contributed by atoms with Crippen molar-refractivity contribution < 1.29 is 14.3 Å². The molecule has 1 N–H and O–H groups in total. The molecule has 2 fully saturated rings. The SMILES string of the molecule is Cc1ccc2oc(C3(C)CCN(c4c(C#N)c(=O)n(C)c5cc(OCC6(O)CC6)ccc45)CC3)nc2c1. The first-order valence-electron chi connectivity index (χ1n) is 12.7. The lowest BCUT2D eigenvalue weighted by Gasteiger charge is -2.39. The van der Waals surface area contributed by atoms with E-state index in [2.05, 4.69) is 17.9 Å². The third kappa shape index (κ3) is 4.04. The van der Waals surface area contributed by atoms with Gasteiger partial charge in [0, 0.05) is 37.0 Å². The van der Waals surface area contributed by atoms with Crippen molar-refractivity contribution in [2.45, 2.75) is 50.5 Å². The number of piperidine rings is 1. The molecule has 2 aromatic heterocycles. The Bertz CT molecular complexity index is 1630. The fourth-order valence-corrected chi connectivity index (χ4v) is 5.26. The maximum atomic E-state index is 13.2. The number of aliphatic hydroxyl groups is 1. The van der Waals surface area contributed by atoms with Gasteiger partial charge in [-0.25, -0.2) is 4.98 Å². The third-order valence-electron chi connectivity index (χ3n) is 8.03. The molecule has 6 rings (SSSR count). The van der Waals surface area contributed by atoms with Crippen LogP contribution in [0.3, 0.4) is 0 Å². The van der Waals surface area contributed by atoms with E-state index in [1.165, 1.54) is 4.57 Å². The number of oxazole rings is 1. The summed E-state index contributed by atoms with van der Waals surface area (Å²) in [5.41, 5.74) is 3.02. The minimum absolute atomic E-state index is 0.150. The number of aryl methyl sites for hydroxylation is 2. The average molecular weight is 499 g/mol. The van der Waals surface area contributed by atoms with Gasteiger partial charge in [0.25, 0.3) is 5.56 Å². The summed E-state index contributed by atoms with van der Waals surface area (Å²) in [7, 11) is 1.68. The maximum Gasteiger partial charge on any atom is 0.270 e. The molecule has 8 nitrogen and oxygen atoms in total. The van der Waals surface area contributed by atoms with Gasteiger partial charge in [0.15, 0.2) is 5.58 Å². The second-order valence-corrected chi connectivity index (χ2v) is 10.9. The standard InChI is InChI=1S/C29H30N4O4/c1-18-4-7-24-22(14-18)31-27(37-24)28(2)10-12-33(13-11-28)25-20-6-5-19(36-17-29(35)8-9-29)15-23(20)32(3)26(34)21(25)16-30/h4-7,14-15,35H,8-13,17H2,1-3H3. The van der Waals surface area contributed by atoms with Crippen molar-refractivity contribution in [2.24, 2.45) is 7.05 Å². The monoisotopic (exact) mass is 498 g/mol. The molecule has 0 atom stereocenters. The van der Waals surface area contributed by atoms with E-state index < -0.39 is 5.60 Å². The van der Waals surface area contributed by atoms with Crippen LogP contribution in [0.5, 0.6) is 5.75 Å². The Labute approximate surface area is 214 Å². The minimum Gasteiger partial charge on any atom is -0.491 e. The summed E-state index contributed by atoms with van der Waals surface area (Å²) in [4.78, 5) is 20.1. The number of ether oxygens (including phenoxy) is 1. The first-order valence-corrected chi connectivity index (χ1v) is 12.7. The number of benzene rings is 2. The normalized spacial score (nSPS) is 18.2. The molecule has 0 unspecified atom stereocenters. The van der Waals surface area contributed by atoms with Crippen LogP contribution in [0.25, 0.3) is 22.0 Å². The lowest BCUT2D eigenvalue weighted by Crippen LogP contribution is -2.42. The lowest BCUT2D eigenvalue weighted by molar-refractivity contribution is 0.0857. The van der Waals surface area contributed by atoms with Crippen LogP contribution in [0, 0.1) is 18.3 Å². The Morgan fingerprint density at radius 1 is 1.16 bits per heavy atom. The maximum absolute atomic E-state index is 13.2. The van der Waals surface area contributed by atoms with Crippen molar-refractivity contribution >= 4 is 27.7 Å². The highest BCUT2D eigenvalue weighted by Crippen LogP contribution is 2.40. The molecule has 37 heavy (non-hydrogen) atoms. The van der Waals surface area contributed by atoms with Gasteiger partial charge in [-0.2, -0.15) is 5.26 Å². The van der Waals surface area contributed by atoms with E-state index in [1.54, 1.807) is 7.05 Å². The highest BCUT2D eigenvalue weighted by atomic mass is 16.5. The zero-order valence-corrected chi connectivity index (χ0v) is 21.4. The fraction of sp³-hybridized carbons (Fsp3) is 0.414. The van der Waals surface area contributed by atoms with Crippen molar-refractivity contribution in [1.82, 2.24) is 9.55 Å². The van der Waals surface area contributed by atoms with Crippen LogP contribution in [0.4, 0.5) is 5.69 Å². The summed E-state index contributed by atoms with van der Waals surface area (Å²) >= 11 is 0. The highest BCUT2D eigenvalue weighted by Gasteiger charge is 2.41. The summed E-state index contributed by atoms with van der Waals surface area (Å²) in [6.07, 6.45) is 3.04. The molecule has 2 aliphatic rings. The Balaban J connectivity index is 1.32. The minimum atomic E-state index is -0.732. The van der Waals surface area contributed by atoms with Gasteiger partial charge in [0.05, 0.1) is 16.8 Å². The van der Waals surface area contributed by atoms with Gasteiger partial charge in [-0.05, 0) is 62.4 Å². The molecule has 190 valence electrons. The van der Waals surface area contributed by atoms with E-state index >= 15 is 0 Å². The molecule has 0 spiro atoms. The van der Waals surface area contributed by atoms with Crippen molar-refractivity contribution in [2.75, 3.05) is 24.6 Å². The Morgan fingerprint density at radius 3 is 2.62 bits per heavy atom. The van der Waals surface area contributed by atoms with E-state index in [-0.39, 0.29) is 23.1 Å². The molecular formula is C29H30N4O4. The van der Waals surface area contributed by atoms with Crippen LogP contribution in [0.1, 0.15) is 49.6 Å². The number of hydrogen-bond acceptors (Lipinski definition) is 7. The van der Waals surface area contributed by atoms with Gasteiger partial charge in [-0.3, -0.25) is 4.79 Å². The zero-order valence-electron chi connectivity index (χ0n) is 21.4. The van der Waals surface area contributed by atoms with Gasteiger partial charge in [-0.15, -0.1) is 0 Å². The van der Waals surface area contributed by atoms with Crippen LogP contribution in [-0.2, 0) is 12.5 Å². The van der Waals surface area contributed by atoms with Crippen LogP contribution in [-0.4, -0.2) is 40.0 Å². The molecule has 3 heterocycles. The topological polar surface area (TPSA) is 105 Å². The van der Waals surface area contributed by atoms with Gasteiger partial charge in [0.2, 0.25) is 5.89 Å². The number of pyridine rings is 1. The van der Waals surface area contributed by atoms with Gasteiger partial charge in [-0.1, -0.05) is 13.0 Å². The smallest absolute Gasteiger partial charge is 0.270 e. The predicted octanol–water partition coefficient (Wildman–Crippen LogP) is 4.32. The number of rotatable bonds is 5. The average Bonchev–Trinajstić information content (AvgIpc) is 3.47. The molecular weight excluding hydrogens is 468 g/mol. The molecule has 1 aliphatic heterocycles. The number of anilines is 1. The van der Waals surface area contributed by atoms with Crippen LogP contribution < -0.4 is 15.2 Å². The van der Waals surface area contributed by atoms with Crippen molar-refractivity contribution in [3.8, 4) is 11.8 Å². The molecule has 0 amide bonds. The summed E-state index contributed by atoms with van der Waals surface area (Å²) in [5, 5.41) is 20.9. The van der Waals surface area contributed by atoms with Crippen molar-refractivity contribution in [3.05, 3.63) is 63.8 Å². The lowest BCUT2D eigenvalue weighted by atomic mass is 9.80.